The lowest BCUT2D eigenvalue weighted by atomic mass is 10.1. The maximum Gasteiger partial charge on any atom is 0.342 e. The minimum absolute atomic E-state index is 0.0992. The van der Waals surface area contributed by atoms with E-state index in [1.165, 1.54) is 18.1 Å². The van der Waals surface area contributed by atoms with Gasteiger partial charge in [0.15, 0.2) is 11.5 Å². The third kappa shape index (κ3) is 6.79. The van der Waals surface area contributed by atoms with Gasteiger partial charge in [0.2, 0.25) is 5.12 Å². The highest BCUT2D eigenvalue weighted by Crippen LogP contribution is 2.46. The number of aromatic nitrogens is 4. The third-order valence-electron chi connectivity index (χ3n) is 4.71. The minimum atomic E-state index is -3.64. The zero-order chi connectivity index (χ0) is 24.9. The summed E-state index contributed by atoms with van der Waals surface area (Å²) in [5.41, 5.74) is 5.85. The maximum absolute atomic E-state index is 13.9. The molecule has 3 N–H and O–H groups in total. The van der Waals surface area contributed by atoms with E-state index in [1.807, 2.05) is 26.8 Å². The molecule has 0 aliphatic carbocycles. The molecule has 0 saturated carbocycles. The van der Waals surface area contributed by atoms with Crippen molar-refractivity contribution in [3.8, 4) is 5.75 Å². The summed E-state index contributed by atoms with van der Waals surface area (Å²) in [7, 11) is -3.64. The number of para-hydroxylation sites is 1. The van der Waals surface area contributed by atoms with E-state index in [-0.39, 0.29) is 22.8 Å². The molecule has 1 aromatic carbocycles. The van der Waals surface area contributed by atoms with Gasteiger partial charge in [0.1, 0.15) is 23.9 Å². The Morgan fingerprint density at radius 1 is 1.21 bits per heavy atom. The summed E-state index contributed by atoms with van der Waals surface area (Å²) < 4.78 is 27.5. The Balaban J connectivity index is 1.74. The topological polar surface area (TPSA) is 134 Å². The Labute approximate surface area is 203 Å². The van der Waals surface area contributed by atoms with Gasteiger partial charge in [-0.1, -0.05) is 43.8 Å². The Morgan fingerprint density at radius 3 is 2.59 bits per heavy atom. The predicted molar refractivity (Wildman–Crippen MR) is 135 cm³/mol. The number of thioether (sulfide) groups is 1. The summed E-state index contributed by atoms with van der Waals surface area (Å²) in [5.74, 6) is 0.718. The molecule has 0 bridgehead atoms. The number of nitrogen functional groups attached to an aromatic ring is 1. The van der Waals surface area contributed by atoms with Crippen LogP contribution in [0.25, 0.3) is 11.2 Å². The van der Waals surface area contributed by atoms with Gasteiger partial charge in [0, 0.05) is 5.25 Å². The number of nitrogens with zero attached hydrogens (tertiary/aromatic N) is 4. The number of hydrogen-bond donors (Lipinski definition) is 2. The zero-order valence-corrected chi connectivity index (χ0v) is 21.7. The molecule has 0 amide bonds. The molecule has 2 atom stereocenters. The van der Waals surface area contributed by atoms with Crippen LogP contribution in [0.4, 0.5) is 5.82 Å². The molecule has 0 saturated heterocycles. The lowest BCUT2D eigenvalue weighted by Gasteiger charge is -2.31. The number of benzene rings is 1. The van der Waals surface area contributed by atoms with Crippen molar-refractivity contribution in [2.75, 3.05) is 12.1 Å². The molecule has 184 valence electrons. The highest BCUT2D eigenvalue weighted by molar-refractivity contribution is 8.14. The number of carbonyl (C=O) groups is 1. The highest BCUT2D eigenvalue weighted by atomic mass is 32.2. The fraction of sp³-hybridized carbons (Fsp3) is 0.455. The zero-order valence-electron chi connectivity index (χ0n) is 20.0. The first-order valence-electron chi connectivity index (χ1n) is 10.9. The molecule has 0 spiro atoms. The Bertz CT molecular complexity index is 1170. The van der Waals surface area contributed by atoms with E-state index in [0.717, 1.165) is 0 Å². The monoisotopic (exact) mass is 506 g/mol. The van der Waals surface area contributed by atoms with Gasteiger partial charge in [-0.05, 0) is 32.9 Å². The second-order valence-electron chi connectivity index (χ2n) is 8.70. The van der Waals surface area contributed by atoms with Crippen molar-refractivity contribution in [3.63, 3.8) is 0 Å². The van der Waals surface area contributed by atoms with Gasteiger partial charge in [0.05, 0.1) is 24.5 Å². The molecule has 34 heavy (non-hydrogen) atoms. The van der Waals surface area contributed by atoms with Crippen molar-refractivity contribution in [2.24, 2.45) is 0 Å². The molecule has 3 rings (SSSR count). The Morgan fingerprint density at radius 2 is 1.91 bits per heavy atom. The van der Waals surface area contributed by atoms with Gasteiger partial charge in [-0.3, -0.25) is 9.36 Å². The summed E-state index contributed by atoms with van der Waals surface area (Å²) in [6.07, 6.45) is 2.38. The highest BCUT2D eigenvalue weighted by Gasteiger charge is 2.38. The molecule has 0 radical (unpaired) electrons. The van der Waals surface area contributed by atoms with Gasteiger partial charge >= 0.3 is 7.52 Å². The molecule has 2 aromatic heterocycles. The second kappa shape index (κ2) is 10.9. The number of imidazole rings is 1. The number of anilines is 1. The summed E-state index contributed by atoms with van der Waals surface area (Å²) in [6.45, 7) is 9.48. The quantitative estimate of drug-likeness (QED) is 0.366. The normalized spacial score (nSPS) is 14.8. The standard InChI is InChI=1S/C22H31N6O4PS/c1-15(2)34-21(29)22(4,5)27-33(30,32-17-9-7-6-8-10-17)14-31-16(3)11-28-13-26-18-19(23)24-12-25-20(18)28/h6-10,12-13,15-16H,11,14H2,1-5H3,(H,27,30)(H2,23,24,25). The van der Waals surface area contributed by atoms with Gasteiger partial charge in [-0.2, -0.15) is 0 Å². The first kappa shape index (κ1) is 26.2. The van der Waals surface area contributed by atoms with E-state index in [9.17, 15) is 9.36 Å². The minimum Gasteiger partial charge on any atom is -0.431 e. The summed E-state index contributed by atoms with van der Waals surface area (Å²) >= 11 is 1.19. The average Bonchev–Trinajstić information content (AvgIpc) is 3.16. The first-order chi connectivity index (χ1) is 16.0. The van der Waals surface area contributed by atoms with Crippen LogP contribution in [-0.4, -0.2) is 47.9 Å². The fourth-order valence-electron chi connectivity index (χ4n) is 3.15. The molecule has 12 heteroatoms. The number of nitrogens with two attached hydrogens (primary N) is 1. The van der Waals surface area contributed by atoms with E-state index in [1.54, 1.807) is 49.0 Å². The van der Waals surface area contributed by atoms with E-state index in [0.29, 0.717) is 29.3 Å². The lowest BCUT2D eigenvalue weighted by molar-refractivity contribution is -0.115. The maximum atomic E-state index is 13.9. The molecule has 2 heterocycles. The molecular weight excluding hydrogens is 475 g/mol. The van der Waals surface area contributed by atoms with Crippen LogP contribution in [0.3, 0.4) is 0 Å². The third-order valence-corrected chi connectivity index (χ3v) is 7.80. The number of carbonyl (C=O) groups excluding carboxylic acids is 1. The number of ether oxygens (including phenoxy) is 1. The number of fused-ring (bicyclic) bond motifs is 1. The second-order valence-corrected chi connectivity index (χ2v) is 12.3. The summed E-state index contributed by atoms with van der Waals surface area (Å²) in [4.78, 5) is 25.2. The van der Waals surface area contributed by atoms with Gasteiger partial charge in [0.25, 0.3) is 0 Å². The number of nitrogens with one attached hydrogen (secondary N) is 1. The van der Waals surface area contributed by atoms with Crippen LogP contribution in [-0.2, 0) is 20.6 Å². The van der Waals surface area contributed by atoms with Gasteiger partial charge in [-0.25, -0.2) is 20.0 Å². The van der Waals surface area contributed by atoms with Crippen LogP contribution in [0.1, 0.15) is 34.6 Å². The van der Waals surface area contributed by atoms with Crippen molar-refractivity contribution in [3.05, 3.63) is 43.0 Å². The Kier molecular flexibility index (Phi) is 8.35. The van der Waals surface area contributed by atoms with E-state index in [4.69, 9.17) is 15.0 Å². The molecular formula is C22H31N6O4PS. The van der Waals surface area contributed by atoms with Gasteiger partial charge < -0.3 is 19.6 Å². The van der Waals surface area contributed by atoms with E-state index < -0.39 is 13.1 Å². The molecule has 0 aliphatic heterocycles. The molecule has 2 unspecified atom stereocenters. The predicted octanol–water partition coefficient (Wildman–Crippen LogP) is 4.08. The first-order valence-corrected chi connectivity index (χ1v) is 13.6. The van der Waals surface area contributed by atoms with Crippen LogP contribution in [0.2, 0.25) is 0 Å². The van der Waals surface area contributed by atoms with Crippen LogP contribution < -0.4 is 15.3 Å². The average molecular weight is 507 g/mol. The van der Waals surface area contributed by atoms with Crippen LogP contribution >= 0.6 is 19.3 Å². The largest absolute Gasteiger partial charge is 0.431 e. The number of hydrogen-bond acceptors (Lipinski definition) is 9. The van der Waals surface area contributed by atoms with Crippen LogP contribution in [0.5, 0.6) is 5.75 Å². The van der Waals surface area contributed by atoms with Crippen LogP contribution in [0, 0.1) is 0 Å². The fourth-order valence-corrected chi connectivity index (χ4v) is 6.03. The van der Waals surface area contributed by atoms with Crippen molar-refractivity contribution >= 4 is 41.4 Å². The molecule has 3 aromatic rings. The summed E-state index contributed by atoms with van der Waals surface area (Å²) in [5, 5.41) is 2.93. The molecule has 0 fully saturated rings. The lowest BCUT2D eigenvalue weighted by Crippen LogP contribution is -2.45. The van der Waals surface area contributed by atoms with Gasteiger partial charge in [-0.15, -0.1) is 0 Å². The molecule has 10 nitrogen and oxygen atoms in total. The van der Waals surface area contributed by atoms with E-state index >= 15 is 0 Å². The van der Waals surface area contributed by atoms with Crippen LogP contribution in [0.15, 0.2) is 43.0 Å². The molecule has 0 aliphatic rings. The number of rotatable bonds is 11. The van der Waals surface area contributed by atoms with Crippen molar-refractivity contribution in [1.82, 2.24) is 24.6 Å². The SMILES string of the molecule is CC(Cn1cnc2c(N)ncnc21)OCP(=O)(NC(C)(C)C(=O)SC(C)C)Oc1ccccc1. The van der Waals surface area contributed by atoms with E-state index in [2.05, 4.69) is 20.0 Å². The van der Waals surface area contributed by atoms with Crippen molar-refractivity contribution in [1.29, 1.82) is 0 Å². The summed E-state index contributed by atoms with van der Waals surface area (Å²) in [6, 6.07) is 8.81. The smallest absolute Gasteiger partial charge is 0.342 e. The van der Waals surface area contributed by atoms with Crippen molar-refractivity contribution < 1.29 is 18.6 Å². The van der Waals surface area contributed by atoms with Crippen molar-refractivity contribution in [2.45, 2.75) is 58.1 Å². The Hall–Kier alpha value is -2.46.